The van der Waals surface area contributed by atoms with Gasteiger partial charge in [-0.15, -0.1) is 0 Å². The summed E-state index contributed by atoms with van der Waals surface area (Å²) in [6.45, 7) is 7.77. The Morgan fingerprint density at radius 2 is 1.66 bits per heavy atom. The molecular weight excluding hydrogens is 384 g/mol. The largest absolute Gasteiger partial charge is 0.390 e. The molecule has 0 aliphatic rings. The van der Waals surface area contributed by atoms with Gasteiger partial charge in [0.25, 0.3) is 0 Å². The molecule has 0 saturated heterocycles. The number of hydrogen-bond acceptors (Lipinski definition) is 3. The predicted molar refractivity (Wildman–Crippen MR) is 120 cm³/mol. The third-order valence-electron chi connectivity index (χ3n) is 4.91. The van der Waals surface area contributed by atoms with Gasteiger partial charge in [-0.1, -0.05) is 67.8 Å². The second-order valence-electron chi connectivity index (χ2n) is 7.04. The van der Waals surface area contributed by atoms with E-state index in [1.807, 2.05) is 41.0 Å². The van der Waals surface area contributed by atoms with Crippen LogP contribution in [-0.2, 0) is 16.6 Å². The fraction of sp³-hybridized carbons (Fsp3) is 0.217. The van der Waals surface area contributed by atoms with Crippen LogP contribution in [0.5, 0.6) is 0 Å². The van der Waals surface area contributed by atoms with Gasteiger partial charge in [-0.3, -0.25) is 0 Å². The third kappa shape index (κ3) is 4.67. The van der Waals surface area contributed by atoms with Crippen LogP contribution < -0.4 is 0 Å². The predicted octanol–water partition coefficient (Wildman–Crippen LogP) is 3.72. The normalized spacial score (nSPS) is 13.8. The van der Waals surface area contributed by atoms with E-state index in [1.54, 1.807) is 18.2 Å². The Bertz CT molecular complexity index is 1120. The van der Waals surface area contributed by atoms with Crippen LogP contribution >= 0.6 is 0 Å². The van der Waals surface area contributed by atoms with Crippen LogP contribution in [-0.4, -0.2) is 47.8 Å². The fourth-order valence-corrected chi connectivity index (χ4v) is 4.39. The smallest absolute Gasteiger partial charge is 0.211 e. The van der Waals surface area contributed by atoms with Crippen molar-refractivity contribution in [2.45, 2.75) is 12.6 Å². The van der Waals surface area contributed by atoms with Crippen LogP contribution in [0.25, 0.3) is 21.8 Å². The van der Waals surface area contributed by atoms with E-state index in [2.05, 4.69) is 25.3 Å². The van der Waals surface area contributed by atoms with E-state index >= 15 is 0 Å². The molecular formula is C23H26N2O3S. The second-order valence-corrected chi connectivity index (χ2v) is 9.02. The summed E-state index contributed by atoms with van der Waals surface area (Å²) in [7, 11) is -3.51. The number of fused-ring (bicyclic) bond motifs is 3. The fourth-order valence-electron chi connectivity index (χ4n) is 3.56. The summed E-state index contributed by atoms with van der Waals surface area (Å²) in [5.74, 6) is 0. The first-order valence-corrected chi connectivity index (χ1v) is 11.2. The molecule has 3 rings (SSSR count). The number of aliphatic hydroxyl groups is 1. The second kappa shape index (κ2) is 8.78. The van der Waals surface area contributed by atoms with Gasteiger partial charge in [0.15, 0.2) is 0 Å². The van der Waals surface area contributed by atoms with Crippen LogP contribution in [0.1, 0.15) is 0 Å². The number of para-hydroxylation sites is 2. The van der Waals surface area contributed by atoms with E-state index in [4.69, 9.17) is 0 Å². The standard InChI is InChI=1S/C23H26N2O3S/c1-4-10-18(5-2)15-24(29(3,27)28)16-19(26)17-25-22-13-8-6-11-20(22)21-12-7-9-14-23(21)25/h4-14,19,26H,1-2,15-17H2,3H3/b18-10+. The number of sulfonamides is 1. The van der Waals surface area contributed by atoms with Crippen LogP contribution in [0.3, 0.4) is 0 Å². The van der Waals surface area contributed by atoms with Crippen molar-refractivity contribution in [1.82, 2.24) is 8.87 Å². The van der Waals surface area contributed by atoms with Gasteiger partial charge >= 0.3 is 0 Å². The molecule has 1 unspecified atom stereocenters. The summed E-state index contributed by atoms with van der Waals surface area (Å²) < 4.78 is 27.9. The molecule has 0 amide bonds. The monoisotopic (exact) mass is 410 g/mol. The van der Waals surface area contributed by atoms with Gasteiger partial charge in [0.05, 0.1) is 18.9 Å². The number of aliphatic hydroxyl groups excluding tert-OH is 1. The third-order valence-corrected chi connectivity index (χ3v) is 6.13. The molecule has 29 heavy (non-hydrogen) atoms. The molecule has 3 aromatic rings. The van der Waals surface area contributed by atoms with Crippen LogP contribution in [0.4, 0.5) is 0 Å². The number of nitrogens with zero attached hydrogens (tertiary/aromatic N) is 2. The van der Waals surface area contributed by atoms with Gasteiger partial charge < -0.3 is 9.67 Å². The molecule has 2 aromatic carbocycles. The van der Waals surface area contributed by atoms with E-state index in [0.29, 0.717) is 0 Å². The Balaban J connectivity index is 1.90. The van der Waals surface area contributed by atoms with Crippen molar-refractivity contribution < 1.29 is 13.5 Å². The summed E-state index contributed by atoms with van der Waals surface area (Å²) in [5.41, 5.74) is 2.74. The van der Waals surface area contributed by atoms with Gasteiger partial charge in [-0.2, -0.15) is 4.31 Å². The summed E-state index contributed by atoms with van der Waals surface area (Å²) in [4.78, 5) is 0. The number of hydrogen-bond donors (Lipinski definition) is 1. The number of benzene rings is 2. The highest BCUT2D eigenvalue weighted by Gasteiger charge is 2.22. The average Bonchev–Trinajstić information content (AvgIpc) is 3.00. The number of aromatic nitrogens is 1. The maximum Gasteiger partial charge on any atom is 0.211 e. The maximum atomic E-state index is 12.3. The van der Waals surface area contributed by atoms with Crippen LogP contribution in [0.2, 0.25) is 0 Å². The minimum absolute atomic E-state index is 0.0119. The zero-order valence-electron chi connectivity index (χ0n) is 16.5. The number of allylic oxidation sites excluding steroid dienone is 2. The molecule has 0 radical (unpaired) electrons. The Kier molecular flexibility index (Phi) is 6.37. The molecule has 1 heterocycles. The topological polar surface area (TPSA) is 62.5 Å². The first-order valence-electron chi connectivity index (χ1n) is 9.38. The lowest BCUT2D eigenvalue weighted by Crippen LogP contribution is -2.39. The molecule has 1 aromatic heterocycles. The van der Waals surface area contributed by atoms with Crippen LogP contribution in [0.15, 0.2) is 85.5 Å². The van der Waals surface area contributed by atoms with Crippen molar-refractivity contribution in [3.05, 3.63) is 85.5 Å². The van der Waals surface area contributed by atoms with Gasteiger partial charge in [0.2, 0.25) is 10.0 Å². The summed E-state index contributed by atoms with van der Waals surface area (Å²) >= 11 is 0. The maximum absolute atomic E-state index is 12.3. The van der Waals surface area contributed by atoms with E-state index in [1.165, 1.54) is 4.31 Å². The Morgan fingerprint density at radius 3 is 2.14 bits per heavy atom. The average molecular weight is 411 g/mol. The van der Waals surface area contributed by atoms with Crippen molar-refractivity contribution in [3.8, 4) is 0 Å². The van der Waals surface area contributed by atoms with E-state index in [-0.39, 0.29) is 19.6 Å². The first-order chi connectivity index (χ1) is 13.8. The molecule has 0 aliphatic heterocycles. The summed E-state index contributed by atoms with van der Waals surface area (Å²) in [6.07, 6.45) is 5.17. The van der Waals surface area contributed by atoms with Crippen LogP contribution in [0, 0.1) is 0 Å². The minimum atomic E-state index is -3.51. The minimum Gasteiger partial charge on any atom is -0.390 e. The molecule has 152 valence electrons. The molecule has 0 bridgehead atoms. The highest BCUT2D eigenvalue weighted by atomic mass is 32.2. The van der Waals surface area contributed by atoms with Gasteiger partial charge in [-0.25, -0.2) is 8.42 Å². The molecule has 0 fully saturated rings. The van der Waals surface area contributed by atoms with E-state index in [9.17, 15) is 13.5 Å². The molecule has 1 atom stereocenters. The molecule has 1 N–H and O–H groups in total. The zero-order valence-corrected chi connectivity index (χ0v) is 17.3. The van der Waals surface area contributed by atoms with E-state index in [0.717, 1.165) is 33.6 Å². The first kappa shape index (κ1) is 21.0. The molecule has 0 spiro atoms. The SMILES string of the molecule is C=C/C=C(\C=C)CN(CC(O)Cn1c2ccccc2c2ccccc21)S(C)(=O)=O. The van der Waals surface area contributed by atoms with Crippen molar-refractivity contribution in [2.24, 2.45) is 0 Å². The Hall–Kier alpha value is -2.67. The van der Waals surface area contributed by atoms with Gasteiger partial charge in [0.1, 0.15) is 0 Å². The molecule has 0 aliphatic carbocycles. The highest BCUT2D eigenvalue weighted by Crippen LogP contribution is 2.29. The van der Waals surface area contributed by atoms with E-state index < -0.39 is 16.1 Å². The number of rotatable bonds is 9. The zero-order chi connectivity index (χ0) is 21.0. The summed E-state index contributed by atoms with van der Waals surface area (Å²) in [6, 6.07) is 16.0. The highest BCUT2D eigenvalue weighted by molar-refractivity contribution is 7.88. The molecule has 5 nitrogen and oxygen atoms in total. The van der Waals surface area contributed by atoms with Crippen molar-refractivity contribution in [3.63, 3.8) is 0 Å². The lowest BCUT2D eigenvalue weighted by Gasteiger charge is -2.24. The van der Waals surface area contributed by atoms with Crippen molar-refractivity contribution >= 4 is 31.8 Å². The lowest BCUT2D eigenvalue weighted by atomic mass is 10.2. The lowest BCUT2D eigenvalue weighted by molar-refractivity contribution is 0.133. The van der Waals surface area contributed by atoms with Crippen molar-refractivity contribution in [2.75, 3.05) is 19.3 Å². The van der Waals surface area contributed by atoms with Gasteiger partial charge in [0, 0.05) is 34.9 Å². The molecule has 0 saturated carbocycles. The van der Waals surface area contributed by atoms with Crippen molar-refractivity contribution in [1.29, 1.82) is 0 Å². The summed E-state index contributed by atoms with van der Waals surface area (Å²) in [5, 5.41) is 13.0. The Labute approximate surface area is 171 Å². The molecule has 6 heteroatoms. The Morgan fingerprint density at radius 1 is 1.10 bits per heavy atom. The quantitative estimate of drug-likeness (QED) is 0.547. The van der Waals surface area contributed by atoms with Gasteiger partial charge in [-0.05, 0) is 17.7 Å².